The van der Waals surface area contributed by atoms with Crippen molar-refractivity contribution in [2.45, 2.75) is 25.3 Å². The summed E-state index contributed by atoms with van der Waals surface area (Å²) >= 11 is 0. The first-order valence-electron chi connectivity index (χ1n) is 7.00. The highest BCUT2D eigenvalue weighted by Crippen LogP contribution is 2.27. The van der Waals surface area contributed by atoms with E-state index < -0.39 is 0 Å². The monoisotopic (exact) mass is 278 g/mol. The van der Waals surface area contributed by atoms with Gasteiger partial charge in [0.15, 0.2) is 0 Å². The van der Waals surface area contributed by atoms with Crippen LogP contribution in [0.1, 0.15) is 29.6 Å². The van der Waals surface area contributed by atoms with Gasteiger partial charge in [-0.05, 0) is 44.5 Å². The number of piperidine rings is 1. The van der Waals surface area contributed by atoms with Gasteiger partial charge in [0.1, 0.15) is 11.5 Å². The Hall–Kier alpha value is -1.75. The van der Waals surface area contributed by atoms with Crippen molar-refractivity contribution in [2.75, 3.05) is 27.2 Å². The zero-order valence-corrected chi connectivity index (χ0v) is 12.1. The molecule has 2 rings (SSSR count). The van der Waals surface area contributed by atoms with Crippen LogP contribution in [0, 0.1) is 0 Å². The number of amides is 1. The molecule has 1 aromatic carbocycles. The summed E-state index contributed by atoms with van der Waals surface area (Å²) in [6.45, 7) is 1.51. The van der Waals surface area contributed by atoms with Crippen molar-refractivity contribution in [3.8, 4) is 11.5 Å². The molecule has 0 radical (unpaired) electrons. The van der Waals surface area contributed by atoms with Crippen LogP contribution in [-0.4, -0.2) is 49.2 Å². The first-order chi connectivity index (χ1) is 9.67. The van der Waals surface area contributed by atoms with Crippen LogP contribution in [0.3, 0.4) is 0 Å². The summed E-state index contributed by atoms with van der Waals surface area (Å²) < 4.78 is 5.13. The Morgan fingerprint density at radius 2 is 2.30 bits per heavy atom. The normalized spacial score (nSPS) is 18.9. The predicted molar refractivity (Wildman–Crippen MR) is 77.3 cm³/mol. The summed E-state index contributed by atoms with van der Waals surface area (Å²) in [4.78, 5) is 14.5. The molecule has 1 amide bonds. The van der Waals surface area contributed by atoms with Gasteiger partial charge in [0, 0.05) is 19.1 Å². The first kappa shape index (κ1) is 14.7. The van der Waals surface area contributed by atoms with Crippen LogP contribution in [0.5, 0.6) is 11.5 Å². The fraction of sp³-hybridized carbons (Fsp3) is 0.533. The van der Waals surface area contributed by atoms with E-state index in [-0.39, 0.29) is 17.7 Å². The van der Waals surface area contributed by atoms with Crippen LogP contribution < -0.4 is 10.1 Å². The lowest BCUT2D eigenvalue weighted by atomic mass is 10.0. The van der Waals surface area contributed by atoms with Gasteiger partial charge in [-0.15, -0.1) is 0 Å². The highest BCUT2D eigenvalue weighted by Gasteiger charge is 2.28. The molecule has 20 heavy (non-hydrogen) atoms. The number of phenolic OH excluding ortho intramolecular Hbond substituents is 1. The molecule has 0 bridgehead atoms. The zero-order chi connectivity index (χ0) is 14.5. The fourth-order valence-corrected chi connectivity index (χ4v) is 2.68. The molecule has 1 heterocycles. The number of hydrogen-bond donors (Lipinski definition) is 2. The summed E-state index contributed by atoms with van der Waals surface area (Å²) in [6, 6.07) is 4.94. The number of aromatic hydroxyl groups is 1. The first-order valence-corrected chi connectivity index (χ1v) is 7.00. The maximum absolute atomic E-state index is 12.7. The third-order valence-electron chi connectivity index (χ3n) is 3.76. The molecule has 1 atom stereocenters. The van der Waals surface area contributed by atoms with Gasteiger partial charge in [-0.1, -0.05) is 0 Å². The Labute approximate surface area is 119 Å². The Kier molecular flexibility index (Phi) is 4.84. The summed E-state index contributed by atoms with van der Waals surface area (Å²) in [5, 5.41) is 13.1. The largest absolute Gasteiger partial charge is 0.507 e. The van der Waals surface area contributed by atoms with Gasteiger partial charge in [0.25, 0.3) is 5.91 Å². The SMILES string of the molecule is CNCC1CCCCN1C(=O)c1cc(OC)ccc1O. The van der Waals surface area contributed by atoms with E-state index in [1.165, 1.54) is 6.07 Å². The summed E-state index contributed by atoms with van der Waals surface area (Å²) in [5.74, 6) is 0.458. The van der Waals surface area contributed by atoms with Gasteiger partial charge in [-0.25, -0.2) is 0 Å². The van der Waals surface area contributed by atoms with E-state index in [0.717, 1.165) is 32.4 Å². The van der Waals surface area contributed by atoms with Crippen molar-refractivity contribution in [3.63, 3.8) is 0 Å². The van der Waals surface area contributed by atoms with E-state index in [1.54, 1.807) is 19.2 Å². The number of ether oxygens (including phenoxy) is 1. The van der Waals surface area contributed by atoms with E-state index in [1.807, 2.05) is 11.9 Å². The van der Waals surface area contributed by atoms with Gasteiger partial charge < -0.3 is 20.1 Å². The Morgan fingerprint density at radius 3 is 3.00 bits per heavy atom. The maximum Gasteiger partial charge on any atom is 0.258 e. The van der Waals surface area contributed by atoms with E-state index in [4.69, 9.17) is 4.74 Å². The van der Waals surface area contributed by atoms with Crippen molar-refractivity contribution in [1.82, 2.24) is 10.2 Å². The number of nitrogens with one attached hydrogen (secondary N) is 1. The number of likely N-dealkylation sites (N-methyl/N-ethyl adjacent to an activating group) is 1. The third-order valence-corrected chi connectivity index (χ3v) is 3.76. The maximum atomic E-state index is 12.7. The minimum Gasteiger partial charge on any atom is -0.507 e. The molecule has 0 spiro atoms. The molecule has 0 saturated carbocycles. The number of benzene rings is 1. The third kappa shape index (κ3) is 3.04. The summed E-state index contributed by atoms with van der Waals surface area (Å²) in [5.41, 5.74) is 0.312. The van der Waals surface area contributed by atoms with Crippen molar-refractivity contribution >= 4 is 5.91 Å². The van der Waals surface area contributed by atoms with Crippen LogP contribution in [0.25, 0.3) is 0 Å². The number of nitrogens with zero attached hydrogens (tertiary/aromatic N) is 1. The summed E-state index contributed by atoms with van der Waals surface area (Å²) in [6.07, 6.45) is 3.15. The lowest BCUT2D eigenvalue weighted by molar-refractivity contribution is 0.0611. The van der Waals surface area contributed by atoms with Crippen molar-refractivity contribution < 1.29 is 14.6 Å². The number of methoxy groups -OCH3 is 1. The Morgan fingerprint density at radius 1 is 1.50 bits per heavy atom. The fourth-order valence-electron chi connectivity index (χ4n) is 2.68. The van der Waals surface area contributed by atoms with E-state index in [2.05, 4.69) is 5.32 Å². The molecule has 1 aromatic rings. The zero-order valence-electron chi connectivity index (χ0n) is 12.1. The van der Waals surface area contributed by atoms with E-state index in [0.29, 0.717) is 11.3 Å². The lowest BCUT2D eigenvalue weighted by Gasteiger charge is -2.36. The van der Waals surface area contributed by atoms with Gasteiger partial charge in [-0.2, -0.15) is 0 Å². The van der Waals surface area contributed by atoms with Crippen molar-refractivity contribution in [3.05, 3.63) is 23.8 Å². The quantitative estimate of drug-likeness (QED) is 0.878. The molecular weight excluding hydrogens is 256 g/mol. The molecule has 2 N–H and O–H groups in total. The topological polar surface area (TPSA) is 61.8 Å². The predicted octanol–water partition coefficient (Wildman–Crippen LogP) is 1.61. The number of carbonyl (C=O) groups is 1. The Balaban J connectivity index is 2.24. The average Bonchev–Trinajstić information content (AvgIpc) is 2.48. The molecule has 0 aliphatic carbocycles. The van der Waals surface area contributed by atoms with Gasteiger partial charge in [0.2, 0.25) is 0 Å². The molecule has 1 saturated heterocycles. The van der Waals surface area contributed by atoms with Gasteiger partial charge in [-0.3, -0.25) is 4.79 Å². The standard InChI is InChI=1S/C15H22N2O3/c1-16-10-11-5-3-4-8-17(11)15(19)13-9-12(20-2)6-7-14(13)18/h6-7,9,11,16,18H,3-5,8,10H2,1-2H3. The molecule has 1 unspecified atom stereocenters. The highest BCUT2D eigenvalue weighted by atomic mass is 16.5. The van der Waals surface area contributed by atoms with Crippen LogP contribution in [0.2, 0.25) is 0 Å². The summed E-state index contributed by atoms with van der Waals surface area (Å²) in [7, 11) is 3.44. The number of hydrogen-bond acceptors (Lipinski definition) is 4. The number of likely N-dealkylation sites (tertiary alicyclic amines) is 1. The molecular formula is C15H22N2O3. The van der Waals surface area contributed by atoms with E-state index >= 15 is 0 Å². The second kappa shape index (κ2) is 6.61. The molecule has 1 aliphatic heterocycles. The number of rotatable bonds is 4. The van der Waals surface area contributed by atoms with E-state index in [9.17, 15) is 9.90 Å². The van der Waals surface area contributed by atoms with Gasteiger partial charge >= 0.3 is 0 Å². The van der Waals surface area contributed by atoms with Crippen LogP contribution in [0.15, 0.2) is 18.2 Å². The van der Waals surface area contributed by atoms with Crippen LogP contribution in [-0.2, 0) is 0 Å². The van der Waals surface area contributed by atoms with Gasteiger partial charge in [0.05, 0.1) is 12.7 Å². The van der Waals surface area contributed by atoms with Crippen LogP contribution >= 0.6 is 0 Å². The van der Waals surface area contributed by atoms with Crippen molar-refractivity contribution in [2.24, 2.45) is 0 Å². The van der Waals surface area contributed by atoms with Crippen molar-refractivity contribution in [1.29, 1.82) is 0 Å². The molecule has 1 fully saturated rings. The molecule has 110 valence electrons. The molecule has 5 heteroatoms. The minimum atomic E-state index is -0.124. The minimum absolute atomic E-state index is 0.00424. The molecule has 0 aromatic heterocycles. The second-order valence-electron chi connectivity index (χ2n) is 5.09. The number of phenols is 1. The number of carbonyl (C=O) groups excluding carboxylic acids is 1. The van der Waals surface area contributed by atoms with Crippen LogP contribution in [0.4, 0.5) is 0 Å². The average molecular weight is 278 g/mol. The Bertz CT molecular complexity index is 474. The lowest BCUT2D eigenvalue weighted by Crippen LogP contribution is -2.48. The highest BCUT2D eigenvalue weighted by molar-refractivity contribution is 5.97. The molecule has 1 aliphatic rings. The smallest absolute Gasteiger partial charge is 0.258 e. The second-order valence-corrected chi connectivity index (χ2v) is 5.09. The molecule has 5 nitrogen and oxygen atoms in total.